The number of carbonyl (C=O) groups is 1. The van der Waals surface area contributed by atoms with E-state index in [1.54, 1.807) is 10.8 Å². The molecule has 0 aliphatic heterocycles. The van der Waals surface area contributed by atoms with E-state index in [0.717, 1.165) is 22.5 Å². The normalized spacial score (nSPS) is 10.7. The third-order valence-corrected chi connectivity index (χ3v) is 3.85. The predicted molar refractivity (Wildman–Crippen MR) is 100 cm³/mol. The molecule has 128 valence electrons. The predicted octanol–water partition coefficient (Wildman–Crippen LogP) is 3.74. The van der Waals surface area contributed by atoms with Gasteiger partial charge in [-0.15, -0.1) is 10.2 Å². The molecule has 7 nitrogen and oxygen atoms in total. The lowest BCUT2D eigenvalue weighted by molar-refractivity contribution is 0.262. The van der Waals surface area contributed by atoms with E-state index in [-0.39, 0.29) is 6.03 Å². The van der Waals surface area contributed by atoms with Gasteiger partial charge in [0.25, 0.3) is 0 Å². The van der Waals surface area contributed by atoms with E-state index in [2.05, 4.69) is 25.9 Å². The number of amides is 2. The molecule has 0 fully saturated rings. The Morgan fingerprint density at radius 2 is 1.73 bits per heavy atom. The molecule has 2 amide bonds. The molecule has 2 heterocycles. The van der Waals surface area contributed by atoms with Crippen molar-refractivity contribution in [1.82, 2.24) is 19.8 Å². The van der Waals surface area contributed by atoms with E-state index in [0.29, 0.717) is 11.3 Å². The van der Waals surface area contributed by atoms with Gasteiger partial charge < -0.3 is 10.6 Å². The second kappa shape index (κ2) is 6.64. The van der Waals surface area contributed by atoms with Crippen LogP contribution in [0, 0.1) is 6.92 Å². The molecule has 0 radical (unpaired) electrons. The van der Waals surface area contributed by atoms with Crippen molar-refractivity contribution < 1.29 is 4.79 Å². The molecule has 4 rings (SSSR count). The van der Waals surface area contributed by atoms with Crippen molar-refractivity contribution in [3.63, 3.8) is 0 Å². The molecule has 0 aliphatic rings. The Balaban J connectivity index is 1.52. The van der Waals surface area contributed by atoms with Gasteiger partial charge in [-0.1, -0.05) is 24.3 Å². The fraction of sp³-hybridized carbons (Fsp3) is 0.0526. The summed E-state index contributed by atoms with van der Waals surface area (Å²) in [7, 11) is 0. The van der Waals surface area contributed by atoms with Crippen molar-refractivity contribution >= 4 is 23.1 Å². The Kier molecular flexibility index (Phi) is 4.03. The first-order valence-electron chi connectivity index (χ1n) is 8.09. The van der Waals surface area contributed by atoms with Crippen LogP contribution in [0.3, 0.4) is 0 Å². The maximum atomic E-state index is 12.2. The molecule has 2 N–H and O–H groups in total. The summed E-state index contributed by atoms with van der Waals surface area (Å²) < 4.78 is 1.61. The minimum Gasteiger partial charge on any atom is -0.308 e. The van der Waals surface area contributed by atoms with Crippen LogP contribution in [0.1, 0.15) is 5.56 Å². The fourth-order valence-corrected chi connectivity index (χ4v) is 2.65. The fourth-order valence-electron chi connectivity index (χ4n) is 2.65. The third kappa shape index (κ3) is 3.36. The van der Waals surface area contributed by atoms with Crippen LogP contribution in [-0.4, -0.2) is 25.8 Å². The van der Waals surface area contributed by atoms with Crippen LogP contribution in [-0.2, 0) is 0 Å². The highest BCUT2D eigenvalue weighted by Crippen LogP contribution is 2.21. The molecule has 0 spiro atoms. The molecule has 2 aromatic carbocycles. The maximum absolute atomic E-state index is 12.2. The molecule has 0 aliphatic carbocycles. The molecular weight excluding hydrogens is 328 g/mol. The number of nitrogens with zero attached hydrogens (tertiary/aromatic N) is 4. The highest BCUT2D eigenvalue weighted by atomic mass is 16.2. The SMILES string of the molecule is Cc1cccc(NC(=O)Nc2cccc(-c3ccc4nncn4n3)c2)c1. The zero-order chi connectivity index (χ0) is 17.9. The van der Waals surface area contributed by atoms with E-state index >= 15 is 0 Å². The first kappa shape index (κ1) is 15.8. The summed E-state index contributed by atoms with van der Waals surface area (Å²) in [6.07, 6.45) is 1.55. The molecule has 26 heavy (non-hydrogen) atoms. The second-order valence-electron chi connectivity index (χ2n) is 5.88. The second-order valence-corrected chi connectivity index (χ2v) is 5.88. The van der Waals surface area contributed by atoms with Gasteiger partial charge in [0, 0.05) is 16.9 Å². The molecule has 0 saturated heterocycles. The van der Waals surface area contributed by atoms with Crippen molar-refractivity contribution in [3.05, 3.63) is 72.6 Å². The third-order valence-electron chi connectivity index (χ3n) is 3.85. The van der Waals surface area contributed by atoms with E-state index in [1.165, 1.54) is 0 Å². The lowest BCUT2D eigenvalue weighted by atomic mass is 10.1. The molecule has 0 atom stereocenters. The van der Waals surface area contributed by atoms with Gasteiger partial charge in [-0.2, -0.15) is 9.61 Å². The number of hydrogen-bond donors (Lipinski definition) is 2. The molecule has 4 aromatic rings. The maximum Gasteiger partial charge on any atom is 0.323 e. The topological polar surface area (TPSA) is 84.2 Å². The molecule has 0 bridgehead atoms. The van der Waals surface area contributed by atoms with Gasteiger partial charge >= 0.3 is 6.03 Å². The highest BCUT2D eigenvalue weighted by Gasteiger charge is 2.06. The molecule has 2 aromatic heterocycles. The minimum absolute atomic E-state index is 0.296. The Morgan fingerprint density at radius 1 is 0.962 bits per heavy atom. The first-order chi connectivity index (χ1) is 12.7. The summed E-state index contributed by atoms with van der Waals surface area (Å²) in [6.45, 7) is 1.98. The number of carbonyl (C=O) groups excluding carboxylic acids is 1. The van der Waals surface area contributed by atoms with Crippen LogP contribution < -0.4 is 10.6 Å². The minimum atomic E-state index is -0.296. The van der Waals surface area contributed by atoms with E-state index < -0.39 is 0 Å². The number of hydrogen-bond acceptors (Lipinski definition) is 4. The van der Waals surface area contributed by atoms with Crippen LogP contribution in [0.25, 0.3) is 16.9 Å². The van der Waals surface area contributed by atoms with Crippen LogP contribution in [0.4, 0.5) is 16.2 Å². The summed E-state index contributed by atoms with van der Waals surface area (Å²) in [4.78, 5) is 12.2. The van der Waals surface area contributed by atoms with Gasteiger partial charge in [0.2, 0.25) is 0 Å². The quantitative estimate of drug-likeness (QED) is 0.593. The Bertz CT molecular complexity index is 1090. The smallest absolute Gasteiger partial charge is 0.308 e. The first-order valence-corrected chi connectivity index (χ1v) is 8.09. The average molecular weight is 344 g/mol. The summed E-state index contributed by atoms with van der Waals surface area (Å²) >= 11 is 0. The zero-order valence-corrected chi connectivity index (χ0v) is 14.0. The van der Waals surface area contributed by atoms with Crippen LogP contribution >= 0.6 is 0 Å². The number of fused-ring (bicyclic) bond motifs is 1. The number of aryl methyl sites for hydroxylation is 1. The monoisotopic (exact) mass is 344 g/mol. The number of anilines is 2. The number of aromatic nitrogens is 4. The Morgan fingerprint density at radius 3 is 2.54 bits per heavy atom. The summed E-state index contributed by atoms with van der Waals surface area (Å²) in [5.74, 6) is 0. The highest BCUT2D eigenvalue weighted by molar-refractivity contribution is 6.00. The number of urea groups is 1. The molecule has 7 heteroatoms. The van der Waals surface area contributed by atoms with Gasteiger partial charge in [-0.3, -0.25) is 0 Å². The van der Waals surface area contributed by atoms with E-state index in [4.69, 9.17) is 0 Å². The van der Waals surface area contributed by atoms with Crippen molar-refractivity contribution in [3.8, 4) is 11.3 Å². The Labute approximate surface area is 149 Å². The lowest BCUT2D eigenvalue weighted by Crippen LogP contribution is -2.19. The lowest BCUT2D eigenvalue weighted by Gasteiger charge is -2.09. The molecule has 0 saturated carbocycles. The number of rotatable bonds is 3. The number of nitrogens with one attached hydrogen (secondary N) is 2. The molecule has 0 unspecified atom stereocenters. The van der Waals surface area contributed by atoms with Gasteiger partial charge in [0.1, 0.15) is 6.33 Å². The van der Waals surface area contributed by atoms with E-state index in [9.17, 15) is 4.79 Å². The van der Waals surface area contributed by atoms with Crippen LogP contribution in [0.5, 0.6) is 0 Å². The van der Waals surface area contributed by atoms with Crippen molar-refractivity contribution in [2.45, 2.75) is 6.92 Å². The van der Waals surface area contributed by atoms with Crippen molar-refractivity contribution in [2.75, 3.05) is 10.6 Å². The largest absolute Gasteiger partial charge is 0.323 e. The standard InChI is InChI=1S/C19H16N6O/c1-13-4-2-6-15(10-13)21-19(26)22-16-7-3-5-14(11-16)17-8-9-18-23-20-12-25(18)24-17/h2-12H,1H3,(H2,21,22,26). The van der Waals surface area contributed by atoms with Gasteiger partial charge in [-0.05, 0) is 48.9 Å². The van der Waals surface area contributed by atoms with Crippen LogP contribution in [0.2, 0.25) is 0 Å². The average Bonchev–Trinajstić information content (AvgIpc) is 3.09. The van der Waals surface area contributed by atoms with Gasteiger partial charge in [-0.25, -0.2) is 4.79 Å². The van der Waals surface area contributed by atoms with Gasteiger partial charge in [0.05, 0.1) is 5.69 Å². The van der Waals surface area contributed by atoms with E-state index in [1.807, 2.05) is 67.6 Å². The van der Waals surface area contributed by atoms with Crippen LogP contribution in [0.15, 0.2) is 67.0 Å². The Hall–Kier alpha value is -3.74. The zero-order valence-electron chi connectivity index (χ0n) is 14.0. The summed E-state index contributed by atoms with van der Waals surface area (Å²) in [6, 6.07) is 18.6. The van der Waals surface area contributed by atoms with Crippen molar-refractivity contribution in [1.29, 1.82) is 0 Å². The molecular formula is C19H16N6O. The summed E-state index contributed by atoms with van der Waals surface area (Å²) in [5.41, 5.74) is 4.84. The van der Waals surface area contributed by atoms with Crippen molar-refractivity contribution in [2.24, 2.45) is 0 Å². The number of benzene rings is 2. The summed E-state index contributed by atoms with van der Waals surface area (Å²) in [5, 5.41) is 17.9. The van der Waals surface area contributed by atoms with Gasteiger partial charge in [0.15, 0.2) is 5.65 Å².